The third-order valence-electron chi connectivity index (χ3n) is 4.32. The molecule has 0 bridgehead atoms. The van der Waals surface area contributed by atoms with Gasteiger partial charge in [-0.05, 0) is 12.5 Å². The maximum atomic E-state index is 11.8. The summed E-state index contributed by atoms with van der Waals surface area (Å²) in [6.45, 7) is 4.23. The summed E-state index contributed by atoms with van der Waals surface area (Å²) in [4.78, 5) is 22.4. The Morgan fingerprint density at radius 1 is 1.25 bits per heavy atom. The van der Waals surface area contributed by atoms with Crippen molar-refractivity contribution >= 4 is 24.0 Å². The summed E-state index contributed by atoms with van der Waals surface area (Å²) in [5.41, 5.74) is 0.986. The summed E-state index contributed by atoms with van der Waals surface area (Å²) in [5, 5.41) is 0. The Bertz CT molecular complexity index is 637. The highest BCUT2D eigenvalue weighted by Crippen LogP contribution is 2.32. The van der Waals surface area contributed by atoms with E-state index in [0.29, 0.717) is 13.1 Å². The first-order chi connectivity index (χ1) is 13.6. The topological polar surface area (TPSA) is 80.3 Å². The molecule has 1 aromatic carbocycles. The van der Waals surface area contributed by atoms with Gasteiger partial charge in [0, 0.05) is 5.92 Å². The number of halogens is 1. The lowest BCUT2D eigenvalue weighted by molar-refractivity contribution is -0.287. The minimum atomic E-state index is -0.763. The maximum absolute atomic E-state index is 11.8. The molecule has 154 valence electrons. The van der Waals surface area contributed by atoms with E-state index in [1.165, 1.54) is 6.26 Å². The molecule has 28 heavy (non-hydrogen) atoms. The summed E-state index contributed by atoms with van der Waals surface area (Å²) in [5.74, 6) is -1.19. The minimum absolute atomic E-state index is 0.0881. The van der Waals surface area contributed by atoms with Crippen molar-refractivity contribution in [3.63, 3.8) is 0 Å². The first kappa shape index (κ1) is 22.2. The van der Waals surface area contributed by atoms with Gasteiger partial charge in [-0.2, -0.15) is 0 Å². The molecule has 1 saturated heterocycles. The first-order valence-electron chi connectivity index (χ1n) is 8.99. The number of hydrogen-bond donors (Lipinski definition) is 0. The van der Waals surface area contributed by atoms with Crippen molar-refractivity contribution in [1.29, 1.82) is 0 Å². The van der Waals surface area contributed by atoms with E-state index in [9.17, 15) is 9.59 Å². The molecule has 0 amide bonds. The smallest absolute Gasteiger partial charge is 0.321 e. The highest BCUT2D eigenvalue weighted by Gasteiger charge is 2.47. The van der Waals surface area contributed by atoms with Gasteiger partial charge in [0.25, 0.3) is 6.47 Å². The van der Waals surface area contributed by atoms with Gasteiger partial charge in [-0.3, -0.25) is 9.59 Å². The molecule has 5 atom stereocenters. The van der Waals surface area contributed by atoms with Crippen LogP contribution in [0.1, 0.15) is 19.4 Å². The number of alkyl halides is 1. The fourth-order valence-corrected chi connectivity index (χ4v) is 3.06. The molecule has 0 radical (unpaired) electrons. The van der Waals surface area contributed by atoms with Gasteiger partial charge in [0.1, 0.15) is 30.8 Å². The van der Waals surface area contributed by atoms with E-state index in [-0.39, 0.29) is 18.4 Å². The average Bonchev–Trinajstić information content (AvgIpc) is 2.72. The lowest BCUT2D eigenvalue weighted by Gasteiger charge is -2.43. The fourth-order valence-electron chi connectivity index (χ4n) is 3.00. The van der Waals surface area contributed by atoms with Crippen molar-refractivity contribution in [1.82, 2.24) is 0 Å². The molecule has 0 aromatic heterocycles. The largest absolute Gasteiger partial charge is 0.470 e. The first-order valence-corrected chi connectivity index (χ1v) is 9.52. The van der Waals surface area contributed by atoms with Crippen molar-refractivity contribution in [2.24, 2.45) is 5.92 Å². The molecule has 2 rings (SSSR count). The van der Waals surface area contributed by atoms with Crippen LogP contribution in [0, 0.1) is 5.92 Å². The molecule has 1 fully saturated rings. The third kappa shape index (κ3) is 6.22. The Morgan fingerprint density at radius 2 is 2.00 bits per heavy atom. The maximum Gasteiger partial charge on any atom is 0.321 e. The van der Waals surface area contributed by atoms with Gasteiger partial charge in [0.05, 0.1) is 12.9 Å². The third-order valence-corrected chi connectivity index (χ3v) is 4.54. The molecule has 1 aliphatic rings. The van der Waals surface area contributed by atoms with Gasteiger partial charge in [-0.15, -0.1) is 11.6 Å². The summed E-state index contributed by atoms with van der Waals surface area (Å²) < 4.78 is 27.9. The van der Waals surface area contributed by atoms with E-state index in [1.807, 2.05) is 44.2 Å². The molecule has 7 nitrogen and oxygen atoms in total. The van der Waals surface area contributed by atoms with E-state index >= 15 is 0 Å². The lowest BCUT2D eigenvalue weighted by Crippen LogP contribution is -2.57. The van der Waals surface area contributed by atoms with Crippen LogP contribution in [0.2, 0.25) is 0 Å². The average molecular weight is 413 g/mol. The number of benzene rings is 1. The van der Waals surface area contributed by atoms with Crippen molar-refractivity contribution in [3.8, 4) is 0 Å². The van der Waals surface area contributed by atoms with Crippen LogP contribution in [-0.4, -0.2) is 49.5 Å². The Kier molecular flexibility index (Phi) is 9.27. The Labute approximate surface area is 169 Å². The van der Waals surface area contributed by atoms with Gasteiger partial charge in [-0.1, -0.05) is 43.3 Å². The summed E-state index contributed by atoms with van der Waals surface area (Å²) in [7, 11) is 0. The monoisotopic (exact) mass is 412 g/mol. The Balaban J connectivity index is 2.19. The molecule has 2 unspecified atom stereocenters. The second-order valence-corrected chi connectivity index (χ2v) is 6.55. The highest BCUT2D eigenvalue weighted by molar-refractivity contribution is 6.26. The quantitative estimate of drug-likeness (QED) is 0.253. The van der Waals surface area contributed by atoms with Crippen LogP contribution < -0.4 is 0 Å². The predicted molar refractivity (Wildman–Crippen MR) is 101 cm³/mol. The van der Waals surface area contributed by atoms with Crippen LogP contribution in [0.25, 0.3) is 0 Å². The number of hydrogen-bond acceptors (Lipinski definition) is 7. The van der Waals surface area contributed by atoms with Gasteiger partial charge < -0.3 is 23.7 Å². The number of allylic oxidation sites excluding steroid dienone is 1. The SMILES string of the molecule is C/C=C/O[C@@H]1OC(COC=O)[C@@H](OC(=O)CCl)[C@H](C)C1OCc1ccccc1. The lowest BCUT2D eigenvalue weighted by atomic mass is 9.90. The van der Waals surface area contributed by atoms with E-state index in [2.05, 4.69) is 0 Å². The summed E-state index contributed by atoms with van der Waals surface area (Å²) in [6.07, 6.45) is 0.507. The van der Waals surface area contributed by atoms with Crippen LogP contribution in [-0.2, 0) is 39.9 Å². The zero-order valence-corrected chi connectivity index (χ0v) is 16.6. The number of carbonyl (C=O) groups excluding carboxylic acids is 2. The van der Waals surface area contributed by atoms with Gasteiger partial charge in [-0.25, -0.2) is 0 Å². The molecular weight excluding hydrogens is 388 g/mol. The van der Waals surface area contributed by atoms with Crippen LogP contribution >= 0.6 is 11.6 Å². The minimum Gasteiger partial charge on any atom is -0.470 e. The van der Waals surface area contributed by atoms with Gasteiger partial charge in [0.15, 0.2) is 0 Å². The molecule has 0 spiro atoms. The van der Waals surface area contributed by atoms with Crippen molar-refractivity contribution in [2.45, 2.75) is 45.1 Å². The zero-order chi connectivity index (χ0) is 20.4. The number of rotatable bonds is 10. The number of carbonyl (C=O) groups is 2. The van der Waals surface area contributed by atoms with E-state index in [1.54, 1.807) is 6.08 Å². The van der Waals surface area contributed by atoms with Gasteiger partial charge >= 0.3 is 5.97 Å². The molecule has 0 saturated carbocycles. The summed E-state index contributed by atoms with van der Waals surface area (Å²) >= 11 is 5.58. The number of ether oxygens (including phenoxy) is 5. The second kappa shape index (κ2) is 11.7. The summed E-state index contributed by atoms with van der Waals surface area (Å²) in [6, 6.07) is 9.66. The Morgan fingerprint density at radius 3 is 2.64 bits per heavy atom. The van der Waals surface area contributed by atoms with E-state index < -0.39 is 30.6 Å². The van der Waals surface area contributed by atoms with Gasteiger partial charge in [0.2, 0.25) is 6.29 Å². The number of esters is 1. The highest BCUT2D eigenvalue weighted by atomic mass is 35.5. The molecule has 1 heterocycles. The van der Waals surface area contributed by atoms with Crippen molar-refractivity contribution in [2.75, 3.05) is 12.5 Å². The van der Waals surface area contributed by atoms with Crippen LogP contribution in [0.3, 0.4) is 0 Å². The molecule has 0 N–H and O–H groups in total. The molecule has 8 heteroatoms. The molecule has 1 aromatic rings. The predicted octanol–water partition coefficient (Wildman–Crippen LogP) is 2.81. The van der Waals surface area contributed by atoms with Crippen LogP contribution in [0.5, 0.6) is 0 Å². The molecule has 1 aliphatic heterocycles. The Hall–Kier alpha value is -2.09. The van der Waals surface area contributed by atoms with Crippen molar-refractivity contribution in [3.05, 3.63) is 48.2 Å². The van der Waals surface area contributed by atoms with E-state index in [0.717, 1.165) is 5.56 Å². The molecular formula is C20H25ClO7. The van der Waals surface area contributed by atoms with Crippen LogP contribution in [0.15, 0.2) is 42.7 Å². The van der Waals surface area contributed by atoms with Crippen molar-refractivity contribution < 1.29 is 33.3 Å². The zero-order valence-electron chi connectivity index (χ0n) is 15.9. The second-order valence-electron chi connectivity index (χ2n) is 6.29. The fraction of sp³-hybridized carbons (Fsp3) is 0.500. The van der Waals surface area contributed by atoms with Crippen LogP contribution in [0.4, 0.5) is 0 Å². The van der Waals surface area contributed by atoms with E-state index in [4.69, 9.17) is 35.3 Å². The standard InChI is InChI=1S/C20H25ClO7/c1-3-9-25-20-19(26-11-15-7-5-4-6-8-15)14(2)18(28-17(23)10-21)16(27-20)12-24-13-22/h3-9,13-14,16,18-20H,10-12H2,1-2H3/b9-3+/t14-,16?,18-,19?,20+/m0/s1. The normalized spacial score (nSPS) is 27.3. The molecule has 0 aliphatic carbocycles.